The van der Waals surface area contributed by atoms with Gasteiger partial charge in [0, 0.05) is 5.69 Å². The van der Waals surface area contributed by atoms with Crippen molar-refractivity contribution in [2.75, 3.05) is 6.61 Å². The number of rotatable bonds is 4. The van der Waals surface area contributed by atoms with Crippen molar-refractivity contribution in [3.8, 4) is 5.75 Å². The Bertz CT molecular complexity index is 694. The molecule has 0 aliphatic carbocycles. The standard InChI is InChI=1S/C15H18N4O3/c1-9-4-5-10(2)13(6-9)22-8-14(20)18-19-15(21)12-7-11(3)16-17-12/h4-7H,8H2,1-3H3,(H,16,17)(H,18,20)(H,19,21). The van der Waals surface area contributed by atoms with E-state index in [2.05, 4.69) is 21.0 Å². The Labute approximate surface area is 128 Å². The SMILES string of the molecule is Cc1ccc(C)c(OCC(=O)NNC(=O)c2cc(C)[nH]n2)c1. The zero-order valence-electron chi connectivity index (χ0n) is 12.7. The van der Waals surface area contributed by atoms with Crippen LogP contribution in [-0.2, 0) is 4.79 Å². The van der Waals surface area contributed by atoms with Crippen LogP contribution in [0.1, 0.15) is 27.3 Å². The maximum atomic E-state index is 11.7. The number of hydrazine groups is 1. The summed E-state index contributed by atoms with van der Waals surface area (Å²) in [7, 11) is 0. The van der Waals surface area contributed by atoms with Crippen molar-refractivity contribution in [2.45, 2.75) is 20.8 Å². The second-order valence-electron chi connectivity index (χ2n) is 5.00. The molecule has 22 heavy (non-hydrogen) atoms. The number of benzene rings is 1. The predicted octanol–water partition coefficient (Wildman–Crippen LogP) is 1.17. The normalized spacial score (nSPS) is 10.1. The quantitative estimate of drug-likeness (QED) is 0.739. The second kappa shape index (κ2) is 6.75. The molecule has 0 fully saturated rings. The van der Waals surface area contributed by atoms with Crippen LogP contribution in [0.5, 0.6) is 5.75 Å². The third kappa shape index (κ3) is 4.08. The average Bonchev–Trinajstić information content (AvgIpc) is 2.92. The highest BCUT2D eigenvalue weighted by atomic mass is 16.5. The van der Waals surface area contributed by atoms with Gasteiger partial charge < -0.3 is 4.74 Å². The lowest BCUT2D eigenvalue weighted by Gasteiger charge is -2.10. The molecule has 0 bridgehead atoms. The van der Waals surface area contributed by atoms with E-state index in [1.165, 1.54) is 0 Å². The summed E-state index contributed by atoms with van der Waals surface area (Å²) in [5.41, 5.74) is 7.50. The first kappa shape index (κ1) is 15.6. The predicted molar refractivity (Wildman–Crippen MR) is 80.3 cm³/mol. The highest BCUT2D eigenvalue weighted by Gasteiger charge is 2.11. The summed E-state index contributed by atoms with van der Waals surface area (Å²) in [5, 5.41) is 6.44. The van der Waals surface area contributed by atoms with Crippen molar-refractivity contribution in [1.82, 2.24) is 21.0 Å². The fourth-order valence-corrected chi connectivity index (χ4v) is 1.77. The lowest BCUT2D eigenvalue weighted by molar-refractivity contribution is -0.123. The number of aromatic nitrogens is 2. The molecule has 0 saturated carbocycles. The van der Waals surface area contributed by atoms with E-state index in [1.807, 2.05) is 32.0 Å². The third-order valence-corrected chi connectivity index (χ3v) is 2.96. The lowest BCUT2D eigenvalue weighted by atomic mass is 10.1. The van der Waals surface area contributed by atoms with Crippen LogP contribution in [0.3, 0.4) is 0 Å². The van der Waals surface area contributed by atoms with Gasteiger partial charge in [-0.1, -0.05) is 12.1 Å². The number of amides is 2. The van der Waals surface area contributed by atoms with E-state index in [0.29, 0.717) is 5.75 Å². The zero-order chi connectivity index (χ0) is 16.1. The topological polar surface area (TPSA) is 96.1 Å². The molecular weight excluding hydrogens is 284 g/mol. The van der Waals surface area contributed by atoms with E-state index in [4.69, 9.17) is 4.74 Å². The lowest BCUT2D eigenvalue weighted by Crippen LogP contribution is -2.44. The van der Waals surface area contributed by atoms with E-state index in [0.717, 1.165) is 16.8 Å². The summed E-state index contributed by atoms with van der Waals surface area (Å²) in [6, 6.07) is 7.32. The van der Waals surface area contributed by atoms with Crippen molar-refractivity contribution in [1.29, 1.82) is 0 Å². The number of nitrogens with one attached hydrogen (secondary N) is 3. The van der Waals surface area contributed by atoms with Crippen molar-refractivity contribution >= 4 is 11.8 Å². The Morgan fingerprint density at radius 1 is 1.18 bits per heavy atom. The molecule has 2 aromatic rings. The van der Waals surface area contributed by atoms with Crippen molar-refractivity contribution in [2.24, 2.45) is 0 Å². The van der Waals surface area contributed by atoms with Crippen molar-refractivity contribution in [3.05, 3.63) is 46.8 Å². The van der Waals surface area contributed by atoms with Gasteiger partial charge in [0.2, 0.25) is 0 Å². The van der Waals surface area contributed by atoms with Crippen LogP contribution in [0.25, 0.3) is 0 Å². The second-order valence-corrected chi connectivity index (χ2v) is 5.00. The van der Waals surface area contributed by atoms with Crippen LogP contribution >= 0.6 is 0 Å². The number of carbonyl (C=O) groups is 2. The summed E-state index contributed by atoms with van der Waals surface area (Å²) in [5.74, 6) is -0.310. The van der Waals surface area contributed by atoms with Gasteiger partial charge in [-0.25, -0.2) is 0 Å². The van der Waals surface area contributed by atoms with E-state index >= 15 is 0 Å². The molecule has 2 rings (SSSR count). The van der Waals surface area contributed by atoms with Crippen molar-refractivity contribution in [3.63, 3.8) is 0 Å². The monoisotopic (exact) mass is 302 g/mol. The van der Waals surface area contributed by atoms with Gasteiger partial charge in [-0.3, -0.25) is 25.5 Å². The Hall–Kier alpha value is -2.83. The fourth-order valence-electron chi connectivity index (χ4n) is 1.77. The summed E-state index contributed by atoms with van der Waals surface area (Å²) in [6.07, 6.45) is 0. The highest BCUT2D eigenvalue weighted by molar-refractivity contribution is 5.93. The van der Waals surface area contributed by atoms with Crippen LogP contribution in [0.4, 0.5) is 0 Å². The first-order valence-electron chi connectivity index (χ1n) is 6.77. The van der Waals surface area contributed by atoms with Crippen molar-refractivity contribution < 1.29 is 14.3 Å². The molecule has 116 valence electrons. The molecule has 0 atom stereocenters. The number of carbonyl (C=O) groups excluding carboxylic acids is 2. The molecule has 0 unspecified atom stereocenters. The number of hydrogen-bond donors (Lipinski definition) is 3. The molecule has 1 aromatic carbocycles. The van der Waals surface area contributed by atoms with Gasteiger partial charge in [0.05, 0.1) is 0 Å². The molecule has 2 amide bonds. The van der Waals surface area contributed by atoms with E-state index in [9.17, 15) is 9.59 Å². The highest BCUT2D eigenvalue weighted by Crippen LogP contribution is 2.18. The Balaban J connectivity index is 1.81. The third-order valence-electron chi connectivity index (χ3n) is 2.96. The minimum atomic E-state index is -0.496. The number of aryl methyl sites for hydroxylation is 3. The molecule has 0 spiro atoms. The Kier molecular flexibility index (Phi) is 4.77. The molecule has 3 N–H and O–H groups in total. The van der Waals surface area contributed by atoms with Gasteiger partial charge in [-0.2, -0.15) is 5.10 Å². The van der Waals surface area contributed by atoms with E-state index < -0.39 is 11.8 Å². The minimum Gasteiger partial charge on any atom is -0.483 e. The number of nitrogens with zero attached hydrogens (tertiary/aromatic N) is 1. The number of hydrogen-bond acceptors (Lipinski definition) is 4. The van der Waals surface area contributed by atoms with Gasteiger partial charge in [0.1, 0.15) is 5.75 Å². The Morgan fingerprint density at radius 3 is 2.64 bits per heavy atom. The molecule has 0 aliphatic heterocycles. The summed E-state index contributed by atoms with van der Waals surface area (Å²) in [4.78, 5) is 23.4. The molecule has 1 heterocycles. The van der Waals surface area contributed by atoms with E-state index in [1.54, 1.807) is 13.0 Å². The van der Waals surface area contributed by atoms with E-state index in [-0.39, 0.29) is 12.3 Å². The van der Waals surface area contributed by atoms with Crippen LogP contribution in [-0.4, -0.2) is 28.6 Å². The van der Waals surface area contributed by atoms with Crippen LogP contribution in [0, 0.1) is 20.8 Å². The Morgan fingerprint density at radius 2 is 1.95 bits per heavy atom. The molecule has 0 saturated heterocycles. The maximum Gasteiger partial charge on any atom is 0.290 e. The molecular formula is C15H18N4O3. The fraction of sp³-hybridized carbons (Fsp3) is 0.267. The van der Waals surface area contributed by atoms with Gasteiger partial charge in [-0.15, -0.1) is 0 Å². The maximum absolute atomic E-state index is 11.7. The van der Waals surface area contributed by atoms with Crippen LogP contribution < -0.4 is 15.6 Å². The largest absolute Gasteiger partial charge is 0.483 e. The van der Waals surface area contributed by atoms with Crippen LogP contribution in [0.2, 0.25) is 0 Å². The molecule has 7 heteroatoms. The van der Waals surface area contributed by atoms with Crippen LogP contribution in [0.15, 0.2) is 24.3 Å². The summed E-state index contributed by atoms with van der Waals surface area (Å²) in [6.45, 7) is 5.43. The van der Waals surface area contributed by atoms with Gasteiger partial charge >= 0.3 is 0 Å². The minimum absolute atomic E-state index is 0.190. The first-order chi connectivity index (χ1) is 10.5. The molecule has 7 nitrogen and oxygen atoms in total. The first-order valence-corrected chi connectivity index (χ1v) is 6.77. The zero-order valence-corrected chi connectivity index (χ0v) is 12.7. The number of ether oxygens (including phenoxy) is 1. The molecule has 0 radical (unpaired) electrons. The molecule has 1 aromatic heterocycles. The van der Waals surface area contributed by atoms with Gasteiger partial charge in [0.15, 0.2) is 12.3 Å². The van der Waals surface area contributed by atoms with Gasteiger partial charge in [0.25, 0.3) is 11.8 Å². The number of H-pyrrole nitrogens is 1. The summed E-state index contributed by atoms with van der Waals surface area (Å²) >= 11 is 0. The molecule has 0 aliphatic rings. The summed E-state index contributed by atoms with van der Waals surface area (Å²) < 4.78 is 5.44. The average molecular weight is 302 g/mol. The number of aromatic amines is 1. The smallest absolute Gasteiger partial charge is 0.290 e. The van der Waals surface area contributed by atoms with Gasteiger partial charge in [-0.05, 0) is 44.0 Å².